The summed E-state index contributed by atoms with van der Waals surface area (Å²) in [7, 11) is 0. The Hall–Kier alpha value is -2.64. The van der Waals surface area contributed by atoms with Gasteiger partial charge < -0.3 is 11.1 Å². The van der Waals surface area contributed by atoms with Gasteiger partial charge in [0.05, 0.1) is 12.1 Å². The van der Waals surface area contributed by atoms with Crippen LogP contribution in [0.3, 0.4) is 0 Å². The Labute approximate surface area is 124 Å². The van der Waals surface area contributed by atoms with E-state index in [1.165, 1.54) is 0 Å². The van der Waals surface area contributed by atoms with Crippen LogP contribution in [0.25, 0.3) is 0 Å². The number of benzene rings is 1. The molecule has 0 spiro atoms. The molecule has 0 aliphatic rings. The lowest BCUT2D eigenvalue weighted by Crippen LogP contribution is -2.12. The van der Waals surface area contributed by atoms with E-state index < -0.39 is 0 Å². The maximum absolute atomic E-state index is 12.2. The second kappa shape index (κ2) is 6.69. The third-order valence-electron chi connectivity index (χ3n) is 2.84. The van der Waals surface area contributed by atoms with Gasteiger partial charge in [-0.25, -0.2) is 0 Å². The number of anilines is 1. The molecule has 4 heteroatoms. The first kappa shape index (κ1) is 14.8. The zero-order valence-electron chi connectivity index (χ0n) is 12.1. The highest BCUT2D eigenvalue weighted by atomic mass is 16.1. The molecule has 1 aromatic heterocycles. The van der Waals surface area contributed by atoms with Gasteiger partial charge in [0.25, 0.3) is 5.91 Å². The predicted molar refractivity (Wildman–Crippen MR) is 84.0 cm³/mol. The lowest BCUT2D eigenvalue weighted by atomic mass is 10.1. The minimum Gasteiger partial charge on any atom is -0.322 e. The molecule has 0 radical (unpaired) electrons. The second-order valence-electron chi connectivity index (χ2n) is 4.74. The molecule has 3 N–H and O–H groups in total. The first-order chi connectivity index (χ1) is 10.1. The number of aryl methyl sites for hydroxylation is 2. The summed E-state index contributed by atoms with van der Waals surface area (Å²) < 4.78 is 0. The first-order valence-corrected chi connectivity index (χ1v) is 6.63. The Kier molecular flexibility index (Phi) is 4.70. The summed E-state index contributed by atoms with van der Waals surface area (Å²) in [5.74, 6) is 5.58. The number of nitrogens with two attached hydrogens (primary N) is 1. The maximum atomic E-state index is 12.2. The second-order valence-corrected chi connectivity index (χ2v) is 4.74. The molecule has 2 aromatic rings. The molecule has 0 unspecified atom stereocenters. The van der Waals surface area contributed by atoms with Crippen molar-refractivity contribution in [2.24, 2.45) is 5.73 Å². The van der Waals surface area contributed by atoms with Crippen molar-refractivity contribution in [1.29, 1.82) is 0 Å². The molecule has 4 nitrogen and oxygen atoms in total. The van der Waals surface area contributed by atoms with Crippen molar-refractivity contribution in [3.8, 4) is 11.8 Å². The van der Waals surface area contributed by atoms with Crippen LogP contribution in [0.4, 0.5) is 5.69 Å². The Morgan fingerprint density at radius 1 is 1.29 bits per heavy atom. The summed E-state index contributed by atoms with van der Waals surface area (Å²) in [4.78, 5) is 16.3. The van der Waals surface area contributed by atoms with Gasteiger partial charge in [-0.2, -0.15) is 0 Å². The minimum atomic E-state index is -0.189. The van der Waals surface area contributed by atoms with Crippen molar-refractivity contribution in [2.45, 2.75) is 13.8 Å². The molecule has 0 aliphatic carbocycles. The molecule has 0 atom stereocenters. The molecule has 1 aromatic carbocycles. The standard InChI is InChI=1S/C17H17N3O/c1-12-8-14(4-3-7-18)10-16(9-12)20-17(21)15-6-5-13(2)19-11-15/h5-6,8-11H,7,18H2,1-2H3,(H,20,21). The zero-order chi connectivity index (χ0) is 15.2. The molecule has 2 rings (SSSR count). The third kappa shape index (κ3) is 4.16. The van der Waals surface area contributed by atoms with Crippen LogP contribution < -0.4 is 11.1 Å². The van der Waals surface area contributed by atoms with Gasteiger partial charge in [-0.05, 0) is 49.7 Å². The molecule has 0 aliphatic heterocycles. The largest absolute Gasteiger partial charge is 0.322 e. The van der Waals surface area contributed by atoms with Crippen molar-refractivity contribution < 1.29 is 4.79 Å². The Morgan fingerprint density at radius 3 is 2.76 bits per heavy atom. The van der Waals surface area contributed by atoms with Crippen LogP contribution in [0.5, 0.6) is 0 Å². The number of carbonyl (C=O) groups excluding carboxylic acids is 1. The van der Waals surface area contributed by atoms with Gasteiger partial charge in [0.15, 0.2) is 0 Å². The van der Waals surface area contributed by atoms with Crippen LogP contribution >= 0.6 is 0 Å². The number of hydrogen-bond acceptors (Lipinski definition) is 3. The summed E-state index contributed by atoms with van der Waals surface area (Å²) >= 11 is 0. The van der Waals surface area contributed by atoms with E-state index in [2.05, 4.69) is 22.1 Å². The number of aromatic nitrogens is 1. The number of pyridine rings is 1. The molecule has 1 heterocycles. The fourth-order valence-electron chi connectivity index (χ4n) is 1.89. The maximum Gasteiger partial charge on any atom is 0.257 e. The van der Waals surface area contributed by atoms with E-state index in [1.54, 1.807) is 12.3 Å². The van der Waals surface area contributed by atoms with E-state index in [1.807, 2.05) is 38.1 Å². The highest BCUT2D eigenvalue weighted by Gasteiger charge is 2.07. The average molecular weight is 279 g/mol. The zero-order valence-corrected chi connectivity index (χ0v) is 12.1. The number of carbonyl (C=O) groups is 1. The van der Waals surface area contributed by atoms with Crippen molar-refractivity contribution in [3.05, 3.63) is 58.9 Å². The highest BCUT2D eigenvalue weighted by molar-refractivity contribution is 6.04. The summed E-state index contributed by atoms with van der Waals surface area (Å²) in [5, 5.41) is 2.86. The van der Waals surface area contributed by atoms with Gasteiger partial charge in [-0.1, -0.05) is 11.8 Å². The van der Waals surface area contributed by atoms with E-state index in [0.717, 1.165) is 16.8 Å². The van der Waals surface area contributed by atoms with E-state index in [-0.39, 0.29) is 5.91 Å². The van der Waals surface area contributed by atoms with Crippen LogP contribution in [0.2, 0.25) is 0 Å². The molecular formula is C17H17N3O. The van der Waals surface area contributed by atoms with E-state index >= 15 is 0 Å². The number of nitrogens with zero attached hydrogens (tertiary/aromatic N) is 1. The summed E-state index contributed by atoms with van der Waals surface area (Å²) in [6.07, 6.45) is 1.57. The quantitative estimate of drug-likeness (QED) is 0.829. The van der Waals surface area contributed by atoms with Crippen LogP contribution in [0.1, 0.15) is 27.2 Å². The van der Waals surface area contributed by atoms with Crippen molar-refractivity contribution in [1.82, 2.24) is 4.98 Å². The molecular weight excluding hydrogens is 262 g/mol. The summed E-state index contributed by atoms with van der Waals surface area (Å²) in [6, 6.07) is 9.24. The number of nitrogens with one attached hydrogen (secondary N) is 1. The number of hydrogen-bond donors (Lipinski definition) is 2. The van der Waals surface area contributed by atoms with Gasteiger partial charge in [-0.15, -0.1) is 0 Å². The van der Waals surface area contributed by atoms with Crippen LogP contribution in [0, 0.1) is 25.7 Å². The molecule has 0 saturated carbocycles. The Bertz CT molecular complexity index is 709. The molecule has 0 bridgehead atoms. The predicted octanol–water partition coefficient (Wildman–Crippen LogP) is 2.26. The Balaban J connectivity index is 2.20. The molecule has 106 valence electrons. The fraction of sp³-hybridized carbons (Fsp3) is 0.176. The normalized spacial score (nSPS) is 9.67. The third-order valence-corrected chi connectivity index (χ3v) is 2.84. The van der Waals surface area contributed by atoms with Gasteiger partial charge >= 0.3 is 0 Å². The monoisotopic (exact) mass is 279 g/mol. The van der Waals surface area contributed by atoms with Crippen molar-refractivity contribution in [3.63, 3.8) is 0 Å². The molecule has 0 fully saturated rings. The van der Waals surface area contributed by atoms with Gasteiger partial charge in [-0.3, -0.25) is 9.78 Å². The Morgan fingerprint density at radius 2 is 2.10 bits per heavy atom. The summed E-state index contributed by atoms with van der Waals surface area (Å²) in [5.41, 5.74) is 9.34. The first-order valence-electron chi connectivity index (χ1n) is 6.63. The van der Waals surface area contributed by atoms with Crippen LogP contribution in [-0.2, 0) is 0 Å². The lowest BCUT2D eigenvalue weighted by Gasteiger charge is -2.07. The van der Waals surface area contributed by atoms with Crippen molar-refractivity contribution >= 4 is 11.6 Å². The van der Waals surface area contributed by atoms with Crippen LogP contribution in [0.15, 0.2) is 36.5 Å². The van der Waals surface area contributed by atoms with Gasteiger partial charge in [0, 0.05) is 23.1 Å². The lowest BCUT2D eigenvalue weighted by molar-refractivity contribution is 0.102. The van der Waals surface area contributed by atoms with Crippen molar-refractivity contribution in [2.75, 3.05) is 11.9 Å². The molecule has 0 saturated heterocycles. The average Bonchev–Trinajstić information content (AvgIpc) is 2.45. The highest BCUT2D eigenvalue weighted by Crippen LogP contribution is 2.15. The molecule has 1 amide bonds. The number of amides is 1. The fourth-order valence-corrected chi connectivity index (χ4v) is 1.89. The smallest absolute Gasteiger partial charge is 0.257 e. The van der Waals surface area contributed by atoms with Gasteiger partial charge in [0.2, 0.25) is 0 Å². The van der Waals surface area contributed by atoms with Gasteiger partial charge in [0.1, 0.15) is 0 Å². The number of rotatable bonds is 2. The van der Waals surface area contributed by atoms with E-state index in [0.29, 0.717) is 17.8 Å². The van der Waals surface area contributed by atoms with E-state index in [9.17, 15) is 4.79 Å². The SMILES string of the molecule is Cc1cc(C#CCN)cc(NC(=O)c2ccc(C)nc2)c1. The summed E-state index contributed by atoms with van der Waals surface area (Å²) in [6.45, 7) is 4.14. The topological polar surface area (TPSA) is 68.0 Å². The van der Waals surface area contributed by atoms with E-state index in [4.69, 9.17) is 5.73 Å². The minimum absolute atomic E-state index is 0.189. The molecule has 21 heavy (non-hydrogen) atoms. The van der Waals surface area contributed by atoms with Crippen LogP contribution in [-0.4, -0.2) is 17.4 Å².